The number of amides is 2. The van der Waals surface area contributed by atoms with Crippen molar-refractivity contribution in [3.05, 3.63) is 91.7 Å². The summed E-state index contributed by atoms with van der Waals surface area (Å²) in [4.78, 5) is 67.4. The fourth-order valence-corrected chi connectivity index (χ4v) is 5.98. The standard InChI is InChI=1S/C19H19Cl2N3O3.C15H11Cl2N3O3/c1-10(17(26)27-19(2,3)4)24-9-12-6-5-11(7-13(12)16(24)25)15-14(20)8-22-18(21)23-15;1-7(14(22)23)20-6-9-3-2-8(4-10(9)13(20)21)12-11(16)5-18-15(17)19-12/h5-8,10H,9H2,1-4H3;2-5,7H,6H2,1H3,(H,22,23)/t10-;7-/m11/s1. The Labute approximate surface area is 307 Å². The summed E-state index contributed by atoms with van der Waals surface area (Å²) in [7, 11) is 0. The van der Waals surface area contributed by atoms with Crippen LogP contribution < -0.4 is 0 Å². The maximum atomic E-state index is 12.9. The molecule has 0 radical (unpaired) electrons. The molecule has 0 saturated carbocycles. The van der Waals surface area contributed by atoms with Gasteiger partial charge in [0.25, 0.3) is 11.8 Å². The van der Waals surface area contributed by atoms with Crippen molar-refractivity contribution in [3.63, 3.8) is 0 Å². The summed E-state index contributed by atoms with van der Waals surface area (Å²) in [6, 6.07) is 8.96. The summed E-state index contributed by atoms with van der Waals surface area (Å²) in [6.45, 7) is 9.13. The van der Waals surface area contributed by atoms with Crippen molar-refractivity contribution < 1.29 is 29.0 Å². The molecule has 0 saturated heterocycles. The van der Waals surface area contributed by atoms with Crippen LogP contribution in [0.2, 0.25) is 20.6 Å². The van der Waals surface area contributed by atoms with Crippen molar-refractivity contribution >= 4 is 70.2 Å². The minimum atomic E-state index is -1.04. The number of carbonyl (C=O) groups is 4. The SMILES string of the molecule is C[C@H](C(=O)O)N1Cc2ccc(-c3nc(Cl)ncc3Cl)cc2C1=O.C[C@H](C(=O)OC(C)(C)C)N1Cc2ccc(-c3nc(Cl)ncc3Cl)cc2C1=O. The quantitative estimate of drug-likeness (QED) is 0.160. The molecule has 0 fully saturated rings. The van der Waals surface area contributed by atoms with Crippen molar-refractivity contribution in [2.24, 2.45) is 0 Å². The van der Waals surface area contributed by atoms with Gasteiger partial charge in [-0.1, -0.05) is 47.5 Å². The highest BCUT2D eigenvalue weighted by Gasteiger charge is 2.37. The maximum absolute atomic E-state index is 12.9. The van der Waals surface area contributed by atoms with Crippen LogP contribution in [0.25, 0.3) is 22.5 Å². The van der Waals surface area contributed by atoms with Gasteiger partial charge in [-0.3, -0.25) is 9.59 Å². The van der Waals surface area contributed by atoms with Gasteiger partial charge >= 0.3 is 11.9 Å². The summed E-state index contributed by atoms with van der Waals surface area (Å²) in [5.74, 6) is -2.04. The Morgan fingerprint density at radius 3 is 1.58 bits per heavy atom. The Balaban J connectivity index is 0.000000197. The van der Waals surface area contributed by atoms with Crippen molar-refractivity contribution in [1.82, 2.24) is 29.7 Å². The van der Waals surface area contributed by atoms with Crippen LogP contribution in [-0.4, -0.2) is 76.3 Å². The number of carboxylic acid groups (broad SMARTS) is 1. The first kappa shape index (κ1) is 36.9. The molecule has 2 aromatic heterocycles. The molecule has 50 heavy (non-hydrogen) atoms. The van der Waals surface area contributed by atoms with Gasteiger partial charge in [-0.15, -0.1) is 0 Å². The number of halogens is 4. The highest BCUT2D eigenvalue weighted by Crippen LogP contribution is 2.34. The molecular formula is C34H30Cl4N6O6. The molecular weight excluding hydrogens is 730 g/mol. The van der Waals surface area contributed by atoms with Gasteiger partial charge < -0.3 is 19.6 Å². The molecule has 0 spiro atoms. The van der Waals surface area contributed by atoms with E-state index in [2.05, 4.69) is 19.9 Å². The number of aromatic nitrogens is 4. The fourth-order valence-electron chi connectivity index (χ4n) is 5.31. The molecule has 12 nitrogen and oxygen atoms in total. The summed E-state index contributed by atoms with van der Waals surface area (Å²) in [6.07, 6.45) is 2.80. The lowest BCUT2D eigenvalue weighted by atomic mass is 10.0. The number of aliphatic carboxylic acids is 1. The molecule has 1 N–H and O–H groups in total. The van der Waals surface area contributed by atoms with Crippen LogP contribution in [0.1, 0.15) is 66.5 Å². The van der Waals surface area contributed by atoms with E-state index in [4.69, 9.17) is 56.2 Å². The number of hydrogen-bond donors (Lipinski definition) is 1. The van der Waals surface area contributed by atoms with Gasteiger partial charge in [0.1, 0.15) is 17.7 Å². The Morgan fingerprint density at radius 2 is 1.18 bits per heavy atom. The molecule has 4 heterocycles. The van der Waals surface area contributed by atoms with Gasteiger partial charge in [0.2, 0.25) is 10.6 Å². The smallest absolute Gasteiger partial charge is 0.329 e. The van der Waals surface area contributed by atoms with E-state index in [1.54, 1.807) is 52.0 Å². The zero-order valence-corrected chi connectivity index (χ0v) is 30.4. The van der Waals surface area contributed by atoms with Crippen LogP contribution in [0.4, 0.5) is 0 Å². The van der Waals surface area contributed by atoms with Crippen LogP contribution in [0.5, 0.6) is 0 Å². The van der Waals surface area contributed by atoms with Crippen molar-refractivity contribution in [2.75, 3.05) is 0 Å². The summed E-state index contributed by atoms with van der Waals surface area (Å²) < 4.78 is 5.40. The van der Waals surface area contributed by atoms with Crippen LogP contribution in [0.3, 0.4) is 0 Å². The molecule has 2 aliphatic rings. The number of nitrogens with zero attached hydrogens (tertiary/aromatic N) is 6. The number of benzene rings is 2. The molecule has 4 aromatic rings. The van der Waals surface area contributed by atoms with Crippen molar-refractivity contribution in [1.29, 1.82) is 0 Å². The summed E-state index contributed by atoms with van der Waals surface area (Å²) in [5, 5.41) is 9.87. The predicted octanol–water partition coefficient (Wildman–Crippen LogP) is 7.02. The number of carboxylic acids is 1. The Hall–Kier alpha value is -4.36. The number of esters is 1. The highest BCUT2D eigenvalue weighted by molar-refractivity contribution is 6.34. The average Bonchev–Trinajstić information content (AvgIpc) is 3.57. The first-order valence-corrected chi connectivity index (χ1v) is 16.7. The minimum Gasteiger partial charge on any atom is -0.480 e. The van der Waals surface area contributed by atoms with Crippen LogP contribution in [0.15, 0.2) is 48.8 Å². The second-order valence-corrected chi connectivity index (χ2v) is 14.0. The summed E-state index contributed by atoms with van der Waals surface area (Å²) in [5.41, 5.74) is 4.09. The van der Waals surface area contributed by atoms with Gasteiger partial charge in [0.15, 0.2) is 0 Å². The number of hydrogen-bond acceptors (Lipinski definition) is 9. The molecule has 0 aliphatic carbocycles. The largest absolute Gasteiger partial charge is 0.480 e. The monoisotopic (exact) mass is 758 g/mol. The van der Waals surface area contributed by atoms with E-state index < -0.39 is 29.6 Å². The normalized spacial score (nSPS) is 14.8. The fraction of sp³-hybridized carbons (Fsp3) is 0.294. The Kier molecular flexibility index (Phi) is 10.7. The maximum Gasteiger partial charge on any atom is 0.329 e. The van der Waals surface area contributed by atoms with Crippen molar-refractivity contribution in [3.8, 4) is 22.5 Å². The lowest BCUT2D eigenvalue weighted by Crippen LogP contribution is -2.42. The van der Waals surface area contributed by atoms with Crippen LogP contribution >= 0.6 is 46.4 Å². The van der Waals surface area contributed by atoms with E-state index in [1.807, 2.05) is 12.1 Å². The third-order valence-electron chi connectivity index (χ3n) is 7.90. The average molecular weight is 760 g/mol. The minimum absolute atomic E-state index is 0.0531. The van der Waals surface area contributed by atoms with Crippen LogP contribution in [-0.2, 0) is 27.4 Å². The molecule has 2 atom stereocenters. The van der Waals surface area contributed by atoms with Crippen molar-refractivity contribution in [2.45, 2.75) is 65.4 Å². The lowest BCUT2D eigenvalue weighted by molar-refractivity contribution is -0.159. The topological polar surface area (TPSA) is 156 Å². The third kappa shape index (κ3) is 7.83. The van der Waals surface area contributed by atoms with Gasteiger partial charge in [0.05, 0.1) is 33.8 Å². The molecule has 260 valence electrons. The highest BCUT2D eigenvalue weighted by atomic mass is 35.5. The molecule has 0 unspecified atom stereocenters. The van der Waals surface area contributed by atoms with E-state index in [9.17, 15) is 19.2 Å². The second-order valence-electron chi connectivity index (χ2n) is 12.5. The third-order valence-corrected chi connectivity index (χ3v) is 8.82. The van der Waals surface area contributed by atoms with E-state index >= 15 is 0 Å². The molecule has 16 heteroatoms. The second kappa shape index (κ2) is 14.5. The lowest BCUT2D eigenvalue weighted by Gasteiger charge is -2.27. The van der Waals surface area contributed by atoms with E-state index in [1.165, 1.54) is 29.1 Å². The van der Waals surface area contributed by atoms with Crippen LogP contribution in [0, 0.1) is 0 Å². The number of carbonyl (C=O) groups excluding carboxylic acids is 3. The van der Waals surface area contributed by atoms with Gasteiger partial charge in [0, 0.05) is 35.3 Å². The predicted molar refractivity (Wildman–Crippen MR) is 187 cm³/mol. The molecule has 2 aliphatic heterocycles. The van der Waals surface area contributed by atoms with Gasteiger partial charge in [-0.05, 0) is 81.1 Å². The van der Waals surface area contributed by atoms with Gasteiger partial charge in [-0.2, -0.15) is 0 Å². The number of fused-ring (bicyclic) bond motifs is 2. The molecule has 2 amide bonds. The van der Waals surface area contributed by atoms with E-state index in [0.29, 0.717) is 50.2 Å². The molecule has 0 bridgehead atoms. The Morgan fingerprint density at radius 1 is 0.760 bits per heavy atom. The zero-order chi connectivity index (χ0) is 36.7. The molecule has 6 rings (SSSR count). The van der Waals surface area contributed by atoms with Gasteiger partial charge in [-0.25, -0.2) is 29.5 Å². The number of rotatable bonds is 6. The van der Waals surface area contributed by atoms with E-state index in [0.717, 1.165) is 11.1 Å². The zero-order valence-electron chi connectivity index (χ0n) is 27.4. The Bertz CT molecular complexity index is 2040. The first-order chi connectivity index (χ1) is 23.4. The first-order valence-electron chi connectivity index (χ1n) is 15.2. The van der Waals surface area contributed by atoms with E-state index in [-0.39, 0.29) is 28.9 Å². The summed E-state index contributed by atoms with van der Waals surface area (Å²) >= 11 is 23.9. The molecule has 2 aromatic carbocycles. The number of ether oxygens (including phenoxy) is 1.